The lowest BCUT2D eigenvalue weighted by Gasteiger charge is -2.21. The molecule has 91 heavy (non-hydrogen) atoms. The van der Waals surface area contributed by atoms with Crippen molar-refractivity contribution in [1.29, 1.82) is 0 Å². The van der Waals surface area contributed by atoms with E-state index in [4.69, 9.17) is 37.0 Å². The van der Waals surface area contributed by atoms with Crippen LogP contribution in [0.15, 0.2) is 0 Å². The Hall–Kier alpha value is -1.94. The Balaban J connectivity index is 5.19. The van der Waals surface area contributed by atoms with Gasteiger partial charge in [-0.05, 0) is 43.4 Å². The lowest BCUT2D eigenvalue weighted by atomic mass is 10.00. The smallest absolute Gasteiger partial charge is 0.462 e. The van der Waals surface area contributed by atoms with Crippen molar-refractivity contribution < 1.29 is 80.2 Å². The van der Waals surface area contributed by atoms with Gasteiger partial charge in [-0.1, -0.05) is 312 Å². The summed E-state index contributed by atoms with van der Waals surface area (Å²) >= 11 is 0. The Morgan fingerprint density at radius 3 is 0.835 bits per heavy atom. The molecule has 0 rings (SSSR count). The summed E-state index contributed by atoms with van der Waals surface area (Å²) in [5, 5.41) is 10.6. The number of hydrogen-bond donors (Lipinski definition) is 3. The van der Waals surface area contributed by atoms with Gasteiger partial charge in [-0.25, -0.2) is 9.13 Å². The fraction of sp³-hybridized carbons (Fsp3) is 0.944. The van der Waals surface area contributed by atoms with Gasteiger partial charge in [0.2, 0.25) is 0 Å². The number of phosphoric acid groups is 2. The third-order valence-corrected chi connectivity index (χ3v) is 18.9. The molecule has 0 fully saturated rings. The van der Waals surface area contributed by atoms with Gasteiger partial charge >= 0.3 is 39.5 Å². The first-order chi connectivity index (χ1) is 43.8. The molecule has 0 aliphatic heterocycles. The van der Waals surface area contributed by atoms with E-state index in [1.54, 1.807) is 0 Å². The zero-order valence-corrected chi connectivity index (χ0v) is 61.1. The second-order valence-electron chi connectivity index (χ2n) is 27.2. The molecule has 0 aromatic rings. The minimum absolute atomic E-state index is 0.102. The van der Waals surface area contributed by atoms with Crippen LogP contribution in [0.4, 0.5) is 0 Å². The first-order valence-electron chi connectivity index (χ1n) is 37.4. The second kappa shape index (κ2) is 62.8. The Kier molecular flexibility index (Phi) is 61.5. The van der Waals surface area contributed by atoms with Gasteiger partial charge in [0.25, 0.3) is 0 Å². The Bertz CT molecular complexity index is 1790. The molecule has 0 bridgehead atoms. The Morgan fingerprint density at radius 1 is 0.319 bits per heavy atom. The average Bonchev–Trinajstić information content (AvgIpc) is 3.43. The number of ether oxygens (including phenoxy) is 4. The number of carbonyl (C=O) groups is 4. The maximum Gasteiger partial charge on any atom is 0.472 e. The molecule has 0 aromatic heterocycles. The van der Waals surface area contributed by atoms with Crippen LogP contribution >= 0.6 is 15.6 Å². The first kappa shape index (κ1) is 89.1. The number of rotatable bonds is 70. The van der Waals surface area contributed by atoms with Crippen LogP contribution in [0.5, 0.6) is 0 Å². The van der Waals surface area contributed by atoms with Crippen molar-refractivity contribution in [2.75, 3.05) is 39.6 Å². The number of aliphatic hydroxyl groups excluding tert-OH is 1. The normalized spacial score (nSPS) is 14.5. The van der Waals surface area contributed by atoms with Crippen molar-refractivity contribution >= 4 is 39.5 Å². The highest BCUT2D eigenvalue weighted by Gasteiger charge is 2.30. The van der Waals surface area contributed by atoms with E-state index in [1.165, 1.54) is 167 Å². The molecule has 0 aromatic carbocycles. The second-order valence-corrected chi connectivity index (χ2v) is 30.1. The van der Waals surface area contributed by atoms with Crippen LogP contribution < -0.4 is 0 Å². The van der Waals surface area contributed by atoms with E-state index in [2.05, 4.69) is 48.5 Å². The summed E-state index contributed by atoms with van der Waals surface area (Å²) in [7, 11) is -9.90. The van der Waals surface area contributed by atoms with Crippen molar-refractivity contribution in [3.8, 4) is 0 Å². The SMILES string of the molecule is CCCCCCCCCCCCCCCCCCCCCCC(=O)O[C@H](COC(=O)CCCCCCCCCCCC(C)C)COP(=O)(O)OC[C@@H](O)COP(=O)(O)OC[C@@H](COC(=O)CCCCCCCCC(C)C)OC(=O)CCCCCCCCC(C)CC. The van der Waals surface area contributed by atoms with Gasteiger partial charge < -0.3 is 33.8 Å². The molecule has 17 nitrogen and oxygen atoms in total. The van der Waals surface area contributed by atoms with Crippen molar-refractivity contribution in [2.24, 2.45) is 17.8 Å². The molecule has 0 saturated carbocycles. The molecule has 3 unspecified atom stereocenters. The monoisotopic (exact) mass is 1340 g/mol. The van der Waals surface area contributed by atoms with Gasteiger partial charge in [0.05, 0.1) is 26.4 Å². The van der Waals surface area contributed by atoms with E-state index in [0.717, 1.165) is 108 Å². The zero-order valence-electron chi connectivity index (χ0n) is 59.3. The summed E-state index contributed by atoms with van der Waals surface area (Å²) in [6, 6.07) is 0. The van der Waals surface area contributed by atoms with Gasteiger partial charge in [0.15, 0.2) is 12.2 Å². The molecule has 540 valence electrons. The topological polar surface area (TPSA) is 237 Å². The Labute approximate surface area is 556 Å². The quantitative estimate of drug-likeness (QED) is 0.0222. The molecule has 0 saturated heterocycles. The van der Waals surface area contributed by atoms with Crippen LogP contribution in [0.25, 0.3) is 0 Å². The van der Waals surface area contributed by atoms with Gasteiger partial charge in [-0.2, -0.15) is 0 Å². The van der Waals surface area contributed by atoms with Crippen LogP contribution in [0.2, 0.25) is 0 Å². The average molecular weight is 1340 g/mol. The number of unbranched alkanes of at least 4 members (excludes halogenated alkanes) is 37. The zero-order chi connectivity index (χ0) is 67.3. The molecule has 0 heterocycles. The third kappa shape index (κ3) is 65.1. The van der Waals surface area contributed by atoms with Gasteiger partial charge in [0, 0.05) is 25.7 Å². The predicted molar refractivity (Wildman–Crippen MR) is 368 cm³/mol. The summed E-state index contributed by atoms with van der Waals surface area (Å²) in [5.41, 5.74) is 0. The fourth-order valence-corrected chi connectivity index (χ4v) is 12.4. The number of phosphoric ester groups is 2. The van der Waals surface area contributed by atoms with Crippen LogP contribution in [0.3, 0.4) is 0 Å². The molecule has 6 atom stereocenters. The standard InChI is InChI=1S/C72H140O17P2/c1-8-10-11-12-13-14-15-16-17-18-19-20-21-22-23-24-27-31-41-48-55-71(76)88-67(59-82-69(74)53-46-39-30-28-25-26-29-36-43-50-63(3)4)61-86-90(78,79)84-57-66(73)58-85-91(80,81)87-62-68(60-83-70(75)54-47-40-34-32-37-44-51-64(5)6)89-72(77)56-49-42-35-33-38-45-52-65(7)9-2/h63-68,73H,8-62H2,1-7H3,(H,78,79)(H,80,81)/t65?,66-,67-,68-/m1/s1. The molecule has 3 N–H and O–H groups in total. The third-order valence-electron chi connectivity index (χ3n) is 17.0. The van der Waals surface area contributed by atoms with E-state index in [1.807, 2.05) is 0 Å². The van der Waals surface area contributed by atoms with Crippen LogP contribution in [0, 0.1) is 17.8 Å². The van der Waals surface area contributed by atoms with E-state index in [9.17, 15) is 43.2 Å². The highest BCUT2D eigenvalue weighted by atomic mass is 31.2. The van der Waals surface area contributed by atoms with Crippen LogP contribution in [-0.2, 0) is 65.4 Å². The molecular formula is C72H140O17P2. The molecule has 0 aliphatic rings. The summed E-state index contributed by atoms with van der Waals surface area (Å²) in [4.78, 5) is 72.5. The van der Waals surface area contributed by atoms with Crippen molar-refractivity contribution in [2.45, 2.75) is 381 Å². The molecule has 19 heteroatoms. The lowest BCUT2D eigenvalue weighted by Crippen LogP contribution is -2.30. The van der Waals surface area contributed by atoms with E-state index >= 15 is 0 Å². The van der Waals surface area contributed by atoms with E-state index < -0.39 is 97.5 Å². The first-order valence-corrected chi connectivity index (χ1v) is 40.4. The van der Waals surface area contributed by atoms with Crippen molar-refractivity contribution in [3.63, 3.8) is 0 Å². The fourth-order valence-electron chi connectivity index (χ4n) is 10.9. The largest absolute Gasteiger partial charge is 0.472 e. The van der Waals surface area contributed by atoms with Crippen LogP contribution in [0.1, 0.15) is 363 Å². The molecule has 0 aliphatic carbocycles. The summed E-state index contributed by atoms with van der Waals surface area (Å²) in [6.45, 7) is 11.7. The molecule has 0 radical (unpaired) electrons. The molecule has 0 spiro atoms. The Morgan fingerprint density at radius 2 is 0.560 bits per heavy atom. The minimum atomic E-state index is -4.95. The van der Waals surface area contributed by atoms with Gasteiger partial charge in [-0.15, -0.1) is 0 Å². The summed E-state index contributed by atoms with van der Waals surface area (Å²) < 4.78 is 68.3. The number of carbonyl (C=O) groups excluding carboxylic acids is 4. The van der Waals surface area contributed by atoms with Crippen molar-refractivity contribution in [3.05, 3.63) is 0 Å². The number of hydrogen-bond acceptors (Lipinski definition) is 15. The number of aliphatic hydroxyl groups is 1. The van der Waals surface area contributed by atoms with E-state index in [-0.39, 0.29) is 25.7 Å². The maximum absolute atomic E-state index is 13.0. The molecular weight excluding hydrogens is 1200 g/mol. The van der Waals surface area contributed by atoms with E-state index in [0.29, 0.717) is 31.6 Å². The highest BCUT2D eigenvalue weighted by molar-refractivity contribution is 7.47. The van der Waals surface area contributed by atoms with Gasteiger partial charge in [0.1, 0.15) is 19.3 Å². The van der Waals surface area contributed by atoms with Gasteiger partial charge in [-0.3, -0.25) is 37.3 Å². The summed E-state index contributed by atoms with van der Waals surface area (Å²) in [6.07, 6.45) is 47.6. The number of esters is 4. The van der Waals surface area contributed by atoms with Crippen molar-refractivity contribution in [1.82, 2.24) is 0 Å². The minimum Gasteiger partial charge on any atom is -0.462 e. The maximum atomic E-state index is 13.0. The predicted octanol–water partition coefficient (Wildman–Crippen LogP) is 20.6. The highest BCUT2D eigenvalue weighted by Crippen LogP contribution is 2.45. The molecule has 0 amide bonds. The summed E-state index contributed by atoms with van der Waals surface area (Å²) in [5.74, 6) is 0.0130. The van der Waals surface area contributed by atoms with Crippen LogP contribution in [-0.4, -0.2) is 96.7 Å². The lowest BCUT2D eigenvalue weighted by molar-refractivity contribution is -0.161.